The monoisotopic (exact) mass is 396 g/mol. The van der Waals surface area contributed by atoms with Gasteiger partial charge in [-0.25, -0.2) is 4.68 Å². The number of anilines is 1. The first-order valence-electron chi connectivity index (χ1n) is 11.0. The van der Waals surface area contributed by atoms with Crippen LogP contribution >= 0.6 is 0 Å². The van der Waals surface area contributed by atoms with Crippen molar-refractivity contribution >= 4 is 11.7 Å². The van der Waals surface area contributed by atoms with Gasteiger partial charge in [0.05, 0.1) is 25.9 Å². The Morgan fingerprint density at radius 2 is 1.83 bits per heavy atom. The maximum absolute atomic E-state index is 12.9. The van der Waals surface area contributed by atoms with Crippen molar-refractivity contribution in [2.45, 2.75) is 63.5 Å². The molecule has 4 rings (SSSR count). The van der Waals surface area contributed by atoms with Gasteiger partial charge in [0, 0.05) is 12.1 Å². The maximum Gasteiger partial charge on any atom is 0.239 e. The van der Waals surface area contributed by atoms with E-state index in [1.54, 1.807) is 13.3 Å². The predicted octanol–water partition coefficient (Wildman–Crippen LogP) is 4.56. The second-order valence-corrected chi connectivity index (χ2v) is 8.26. The number of methoxy groups -OCH3 is 1. The molecule has 0 spiro atoms. The molecule has 1 amide bonds. The van der Waals surface area contributed by atoms with Gasteiger partial charge in [-0.15, -0.1) is 0 Å². The van der Waals surface area contributed by atoms with Crippen LogP contribution in [0, 0.1) is 0 Å². The molecule has 1 saturated heterocycles. The summed E-state index contributed by atoms with van der Waals surface area (Å²) in [6.45, 7) is 1.36. The van der Waals surface area contributed by atoms with Crippen molar-refractivity contribution in [3.63, 3.8) is 0 Å². The Bertz CT molecular complexity index is 795. The van der Waals surface area contributed by atoms with Gasteiger partial charge in [-0.2, -0.15) is 5.10 Å². The molecule has 2 aromatic rings. The minimum atomic E-state index is 0.0464. The van der Waals surface area contributed by atoms with E-state index in [2.05, 4.69) is 27.4 Å². The molecule has 6 nitrogen and oxygen atoms in total. The number of rotatable bonds is 6. The number of hydrogen-bond acceptors (Lipinski definition) is 4. The van der Waals surface area contributed by atoms with Gasteiger partial charge in [0.15, 0.2) is 0 Å². The van der Waals surface area contributed by atoms with Gasteiger partial charge >= 0.3 is 0 Å². The van der Waals surface area contributed by atoms with Crippen LogP contribution in [-0.2, 0) is 4.79 Å². The highest BCUT2D eigenvalue weighted by Crippen LogP contribution is 2.32. The summed E-state index contributed by atoms with van der Waals surface area (Å²) in [5, 5.41) is 7.59. The van der Waals surface area contributed by atoms with E-state index in [1.807, 2.05) is 22.9 Å². The highest BCUT2D eigenvalue weighted by atomic mass is 16.5. The Labute approximate surface area is 173 Å². The maximum atomic E-state index is 12.9. The number of nitrogens with one attached hydrogen (secondary N) is 1. The van der Waals surface area contributed by atoms with Gasteiger partial charge in [-0.3, -0.25) is 9.69 Å². The Morgan fingerprint density at radius 1 is 1.07 bits per heavy atom. The predicted molar refractivity (Wildman–Crippen MR) is 114 cm³/mol. The minimum absolute atomic E-state index is 0.0464. The Kier molecular flexibility index (Phi) is 6.49. The fourth-order valence-electron chi connectivity index (χ4n) is 4.78. The third kappa shape index (κ3) is 4.81. The summed E-state index contributed by atoms with van der Waals surface area (Å²) in [4.78, 5) is 15.3. The van der Waals surface area contributed by atoms with Crippen molar-refractivity contribution in [3.05, 3.63) is 42.1 Å². The van der Waals surface area contributed by atoms with Crippen LogP contribution < -0.4 is 10.1 Å². The van der Waals surface area contributed by atoms with Gasteiger partial charge in [0.2, 0.25) is 5.91 Å². The van der Waals surface area contributed by atoms with Crippen LogP contribution in [0.1, 0.15) is 69.0 Å². The summed E-state index contributed by atoms with van der Waals surface area (Å²) in [6, 6.07) is 10.9. The van der Waals surface area contributed by atoms with Crippen LogP contribution in [0.2, 0.25) is 0 Å². The van der Waals surface area contributed by atoms with Crippen molar-refractivity contribution in [2.75, 3.05) is 25.5 Å². The molecule has 1 atom stereocenters. The number of nitrogens with zero attached hydrogens (tertiary/aromatic N) is 3. The molecule has 0 unspecified atom stereocenters. The van der Waals surface area contributed by atoms with Crippen LogP contribution in [0.15, 0.2) is 36.5 Å². The van der Waals surface area contributed by atoms with Crippen LogP contribution in [-0.4, -0.2) is 40.8 Å². The molecule has 0 radical (unpaired) electrons. The van der Waals surface area contributed by atoms with Crippen molar-refractivity contribution in [1.82, 2.24) is 14.7 Å². The van der Waals surface area contributed by atoms with Crippen molar-refractivity contribution in [1.29, 1.82) is 0 Å². The van der Waals surface area contributed by atoms with E-state index in [4.69, 9.17) is 4.74 Å². The average Bonchev–Trinajstić information content (AvgIpc) is 3.37. The molecule has 2 heterocycles. The highest BCUT2D eigenvalue weighted by molar-refractivity contribution is 5.91. The number of aromatic nitrogens is 2. The third-order valence-corrected chi connectivity index (χ3v) is 6.32. The molecule has 1 aliphatic heterocycles. The molecule has 156 valence electrons. The van der Waals surface area contributed by atoms with E-state index in [9.17, 15) is 4.79 Å². The van der Waals surface area contributed by atoms with E-state index in [0.29, 0.717) is 12.6 Å². The topological polar surface area (TPSA) is 59.4 Å². The standard InChI is InChI=1S/C23H32N4O2/c1-29-20-12-10-18(11-13-20)21-9-3-2-6-16-26(21)17-23(28)25-22-14-15-24-27(22)19-7-4-5-8-19/h10-15,19,21H,2-9,16-17H2,1H3,(H,25,28)/t21-/m0/s1. The normalized spacial score (nSPS) is 21.1. The first kappa shape index (κ1) is 20.0. The van der Waals surface area contributed by atoms with Crippen molar-refractivity contribution in [3.8, 4) is 5.75 Å². The molecule has 1 saturated carbocycles. The first-order chi connectivity index (χ1) is 14.2. The summed E-state index contributed by atoms with van der Waals surface area (Å²) in [5.41, 5.74) is 1.26. The zero-order valence-electron chi connectivity index (χ0n) is 17.3. The molecule has 0 bridgehead atoms. The Morgan fingerprint density at radius 3 is 2.59 bits per heavy atom. The molecule has 1 aromatic carbocycles. The second-order valence-electron chi connectivity index (χ2n) is 8.26. The van der Waals surface area contributed by atoms with Crippen LogP contribution in [0.25, 0.3) is 0 Å². The number of carbonyl (C=O) groups is 1. The number of benzene rings is 1. The Hall–Kier alpha value is -2.34. The number of likely N-dealkylation sites (tertiary alicyclic amines) is 1. The zero-order chi connectivity index (χ0) is 20.1. The fraction of sp³-hybridized carbons (Fsp3) is 0.565. The summed E-state index contributed by atoms with van der Waals surface area (Å²) in [7, 11) is 1.69. The van der Waals surface area contributed by atoms with Crippen LogP contribution in [0.3, 0.4) is 0 Å². The number of ether oxygens (including phenoxy) is 1. The number of amides is 1. The van der Waals surface area contributed by atoms with E-state index in [1.165, 1.54) is 31.2 Å². The average molecular weight is 397 g/mol. The zero-order valence-corrected chi connectivity index (χ0v) is 17.3. The summed E-state index contributed by atoms with van der Waals surface area (Å²) >= 11 is 0. The molecule has 1 N–H and O–H groups in total. The van der Waals surface area contributed by atoms with E-state index < -0.39 is 0 Å². The lowest BCUT2D eigenvalue weighted by Crippen LogP contribution is -2.36. The summed E-state index contributed by atoms with van der Waals surface area (Å²) in [5.74, 6) is 1.75. The molecule has 1 aromatic heterocycles. The lowest BCUT2D eigenvalue weighted by Gasteiger charge is -2.30. The van der Waals surface area contributed by atoms with Crippen LogP contribution in [0.4, 0.5) is 5.82 Å². The number of carbonyl (C=O) groups excluding carboxylic acids is 1. The molecule has 6 heteroatoms. The molecule has 2 aliphatic rings. The molecular weight excluding hydrogens is 364 g/mol. The molecule has 29 heavy (non-hydrogen) atoms. The highest BCUT2D eigenvalue weighted by Gasteiger charge is 2.26. The van der Waals surface area contributed by atoms with Crippen molar-refractivity contribution in [2.24, 2.45) is 0 Å². The first-order valence-corrected chi connectivity index (χ1v) is 11.0. The van der Waals surface area contributed by atoms with E-state index in [-0.39, 0.29) is 11.9 Å². The smallest absolute Gasteiger partial charge is 0.239 e. The van der Waals surface area contributed by atoms with E-state index in [0.717, 1.165) is 43.8 Å². The van der Waals surface area contributed by atoms with Gasteiger partial charge in [-0.1, -0.05) is 37.8 Å². The van der Waals surface area contributed by atoms with Crippen LogP contribution in [0.5, 0.6) is 5.75 Å². The largest absolute Gasteiger partial charge is 0.497 e. The second kappa shape index (κ2) is 9.44. The number of hydrogen-bond donors (Lipinski definition) is 1. The third-order valence-electron chi connectivity index (χ3n) is 6.32. The Balaban J connectivity index is 1.44. The molecule has 2 fully saturated rings. The summed E-state index contributed by atoms with van der Waals surface area (Å²) < 4.78 is 7.31. The van der Waals surface area contributed by atoms with Crippen molar-refractivity contribution < 1.29 is 9.53 Å². The SMILES string of the molecule is COc1ccc([C@@H]2CCCCCN2CC(=O)Nc2ccnn2C2CCCC2)cc1. The molecular formula is C23H32N4O2. The van der Waals surface area contributed by atoms with E-state index >= 15 is 0 Å². The van der Waals surface area contributed by atoms with Gasteiger partial charge < -0.3 is 10.1 Å². The minimum Gasteiger partial charge on any atom is -0.497 e. The quantitative estimate of drug-likeness (QED) is 0.777. The van der Waals surface area contributed by atoms with Gasteiger partial charge in [0.25, 0.3) is 0 Å². The summed E-state index contributed by atoms with van der Waals surface area (Å²) in [6.07, 6.45) is 11.2. The lowest BCUT2D eigenvalue weighted by molar-refractivity contribution is -0.117. The van der Waals surface area contributed by atoms with Gasteiger partial charge in [0.1, 0.15) is 11.6 Å². The van der Waals surface area contributed by atoms with Gasteiger partial charge in [-0.05, 0) is 49.9 Å². The lowest BCUT2D eigenvalue weighted by atomic mass is 10.0. The fourth-order valence-corrected chi connectivity index (χ4v) is 4.78. The molecule has 1 aliphatic carbocycles.